The summed E-state index contributed by atoms with van der Waals surface area (Å²) >= 11 is 10.8. The number of halogens is 2. The van der Waals surface area contributed by atoms with Gasteiger partial charge in [0.05, 0.1) is 0 Å². The van der Waals surface area contributed by atoms with Crippen LogP contribution in [0.2, 0.25) is 0 Å². The van der Waals surface area contributed by atoms with E-state index in [0.717, 1.165) is 0 Å². The maximum Gasteiger partial charge on any atom is 0.259 e. The average Bonchev–Trinajstić information content (AvgIpc) is 2.04. The molecule has 0 aliphatic rings. The molecule has 0 aliphatic carbocycles. The molecular formula is C8H16Cl2N2+2. The molecule has 0 spiro atoms. The van der Waals surface area contributed by atoms with Gasteiger partial charge >= 0.3 is 0 Å². The number of alkyl halides is 1. The van der Waals surface area contributed by atoms with Crippen LogP contribution in [0.15, 0.2) is 6.58 Å². The molecule has 0 radical (unpaired) electrons. The molecule has 2 nitrogen and oxygen atoms in total. The summed E-state index contributed by atoms with van der Waals surface area (Å²) in [5.41, 5.74) is 0. The van der Waals surface area contributed by atoms with Gasteiger partial charge in [-0.1, -0.05) is 0 Å². The van der Waals surface area contributed by atoms with E-state index in [1.165, 1.54) is 0 Å². The molecule has 0 amide bonds. The minimum atomic E-state index is 0.397. The van der Waals surface area contributed by atoms with Gasteiger partial charge in [0.1, 0.15) is 34.1 Å². The highest BCUT2D eigenvalue weighted by atomic mass is 35.5. The third-order valence-electron chi connectivity index (χ3n) is 0.912. The molecule has 70 valence electrons. The summed E-state index contributed by atoms with van der Waals surface area (Å²) in [6.07, 6.45) is 0. The molecule has 0 aliphatic heterocycles. The van der Waals surface area contributed by atoms with Gasteiger partial charge in [-0.2, -0.15) is 4.58 Å². The van der Waals surface area contributed by atoms with Gasteiger partial charge < -0.3 is 0 Å². The SMILES string of the molecule is C=C=[N+](C)C.C[N+](C)=C(Cl)CCl. The molecule has 0 unspecified atom stereocenters. The summed E-state index contributed by atoms with van der Waals surface area (Å²) in [6, 6.07) is 0. The summed E-state index contributed by atoms with van der Waals surface area (Å²) < 4.78 is 3.54. The highest BCUT2D eigenvalue weighted by Crippen LogP contribution is 1.85. The van der Waals surface area contributed by atoms with Crippen LogP contribution in [0.5, 0.6) is 0 Å². The Kier molecular flexibility index (Phi) is 10.4. The van der Waals surface area contributed by atoms with Crippen LogP contribution in [0.3, 0.4) is 0 Å². The fourth-order valence-corrected chi connectivity index (χ4v) is 0.359. The third kappa shape index (κ3) is 12.4. The van der Waals surface area contributed by atoms with E-state index in [4.69, 9.17) is 23.2 Å². The van der Waals surface area contributed by atoms with Crippen LogP contribution in [-0.4, -0.2) is 54.3 Å². The van der Waals surface area contributed by atoms with Crippen LogP contribution >= 0.6 is 23.2 Å². The molecule has 0 rings (SSSR count). The molecular weight excluding hydrogens is 195 g/mol. The first-order valence-corrected chi connectivity index (χ1v) is 4.31. The van der Waals surface area contributed by atoms with Crippen molar-refractivity contribution in [2.24, 2.45) is 0 Å². The van der Waals surface area contributed by atoms with E-state index >= 15 is 0 Å². The quantitative estimate of drug-likeness (QED) is 0.350. The minimum absolute atomic E-state index is 0.397. The molecule has 0 fully saturated rings. The van der Waals surface area contributed by atoms with Crippen molar-refractivity contribution in [3.05, 3.63) is 6.58 Å². The number of hydrogen-bond donors (Lipinski definition) is 0. The van der Waals surface area contributed by atoms with E-state index in [1.54, 1.807) is 9.15 Å². The van der Waals surface area contributed by atoms with Crippen molar-refractivity contribution < 1.29 is 9.15 Å². The maximum absolute atomic E-state index is 5.51. The zero-order valence-electron chi connectivity index (χ0n) is 8.06. The monoisotopic (exact) mass is 210 g/mol. The van der Waals surface area contributed by atoms with E-state index in [1.807, 2.05) is 28.2 Å². The van der Waals surface area contributed by atoms with Crippen molar-refractivity contribution in [3.8, 4) is 0 Å². The molecule has 0 N–H and O–H groups in total. The first-order valence-electron chi connectivity index (χ1n) is 3.40. The maximum atomic E-state index is 5.51. The zero-order chi connectivity index (χ0) is 10.1. The fourth-order valence-electron chi connectivity index (χ4n) is 0.120. The fraction of sp³-hybridized carbons (Fsp3) is 0.625. The van der Waals surface area contributed by atoms with E-state index in [2.05, 4.69) is 12.4 Å². The zero-order valence-corrected chi connectivity index (χ0v) is 9.58. The Morgan fingerprint density at radius 1 is 1.33 bits per heavy atom. The Balaban J connectivity index is 0. The largest absolute Gasteiger partial charge is 0.259 e. The minimum Gasteiger partial charge on any atom is -0.228 e. The van der Waals surface area contributed by atoms with Crippen LogP contribution in [0, 0.1) is 0 Å². The predicted octanol–water partition coefficient (Wildman–Crippen LogP) is 1.25. The lowest BCUT2D eigenvalue weighted by molar-refractivity contribution is -0.462. The lowest BCUT2D eigenvalue weighted by atomic mass is 10.8. The second kappa shape index (κ2) is 8.79. The molecule has 0 aromatic heterocycles. The van der Waals surface area contributed by atoms with Gasteiger partial charge in [0, 0.05) is 6.58 Å². The molecule has 0 aromatic rings. The van der Waals surface area contributed by atoms with Gasteiger partial charge in [0.2, 0.25) is 0 Å². The Morgan fingerprint density at radius 3 is 1.67 bits per heavy atom. The highest BCUT2D eigenvalue weighted by molar-refractivity contribution is 6.68. The number of rotatable bonds is 1. The van der Waals surface area contributed by atoms with Crippen LogP contribution in [0.4, 0.5) is 0 Å². The lowest BCUT2D eigenvalue weighted by Gasteiger charge is -1.84. The van der Waals surface area contributed by atoms with Crippen LogP contribution < -0.4 is 0 Å². The van der Waals surface area contributed by atoms with Gasteiger partial charge in [-0.3, -0.25) is 0 Å². The Labute approximate surface area is 84.4 Å². The Bertz CT molecular complexity index is 195. The standard InChI is InChI=1S/C4H8Cl2N.C4H8N/c1-7(2)4(6)3-5;1-4-5(2)3/h3H2,1-2H3;1H2,2-3H3/q2*+1. The number of nitrogens with zero attached hydrogens (tertiary/aromatic N) is 2. The van der Waals surface area contributed by atoms with Gasteiger partial charge in [-0.15, -0.1) is 11.6 Å². The van der Waals surface area contributed by atoms with E-state index in [-0.39, 0.29) is 0 Å². The van der Waals surface area contributed by atoms with Crippen molar-refractivity contribution >= 4 is 34.2 Å². The molecule has 0 atom stereocenters. The summed E-state index contributed by atoms with van der Waals surface area (Å²) in [4.78, 5) is 0. The van der Waals surface area contributed by atoms with Crippen molar-refractivity contribution in [1.82, 2.24) is 0 Å². The first-order chi connectivity index (χ1) is 5.45. The predicted molar refractivity (Wildman–Crippen MR) is 56.4 cm³/mol. The van der Waals surface area contributed by atoms with E-state index in [0.29, 0.717) is 11.1 Å². The van der Waals surface area contributed by atoms with Crippen LogP contribution in [-0.2, 0) is 0 Å². The molecule has 0 bridgehead atoms. The van der Waals surface area contributed by atoms with Gasteiger partial charge in [-0.25, -0.2) is 4.58 Å². The Hall–Kier alpha value is -0.300. The summed E-state index contributed by atoms with van der Waals surface area (Å²) in [7, 11) is 7.47. The summed E-state index contributed by atoms with van der Waals surface area (Å²) in [6.45, 7) is 3.36. The first kappa shape index (κ1) is 14.2. The van der Waals surface area contributed by atoms with Gasteiger partial charge in [-0.05, 0) is 11.6 Å². The number of hydrogen-bond acceptors (Lipinski definition) is 0. The highest BCUT2D eigenvalue weighted by Gasteiger charge is 1.96. The smallest absolute Gasteiger partial charge is 0.228 e. The van der Waals surface area contributed by atoms with Crippen molar-refractivity contribution in [3.63, 3.8) is 0 Å². The van der Waals surface area contributed by atoms with Gasteiger partial charge in [0.25, 0.3) is 5.17 Å². The van der Waals surface area contributed by atoms with Crippen LogP contribution in [0.25, 0.3) is 0 Å². The van der Waals surface area contributed by atoms with Crippen molar-refractivity contribution in [1.29, 1.82) is 0 Å². The van der Waals surface area contributed by atoms with Gasteiger partial charge in [0.15, 0.2) is 5.87 Å². The molecule has 0 aromatic carbocycles. The molecule has 0 saturated heterocycles. The second-order valence-electron chi connectivity index (χ2n) is 2.46. The normalized spacial score (nSPS) is 7.50. The van der Waals surface area contributed by atoms with E-state index in [9.17, 15) is 0 Å². The molecule has 4 heteroatoms. The molecule has 0 heterocycles. The van der Waals surface area contributed by atoms with Crippen LogP contribution in [0.1, 0.15) is 0 Å². The average molecular weight is 211 g/mol. The van der Waals surface area contributed by atoms with Crippen molar-refractivity contribution in [2.75, 3.05) is 34.1 Å². The third-order valence-corrected chi connectivity index (χ3v) is 1.77. The molecule has 12 heavy (non-hydrogen) atoms. The molecule has 0 saturated carbocycles. The van der Waals surface area contributed by atoms with E-state index < -0.39 is 0 Å². The summed E-state index contributed by atoms with van der Waals surface area (Å²) in [5.74, 6) is 3.01. The van der Waals surface area contributed by atoms with Crippen molar-refractivity contribution in [2.45, 2.75) is 0 Å². The Morgan fingerprint density at radius 2 is 1.67 bits per heavy atom. The second-order valence-corrected chi connectivity index (χ2v) is 3.16. The topological polar surface area (TPSA) is 6.02 Å². The lowest BCUT2D eigenvalue weighted by Crippen LogP contribution is -2.07. The summed E-state index contributed by atoms with van der Waals surface area (Å²) in [5, 5.41) is 0.668.